The zero-order chi connectivity index (χ0) is 35.5. The van der Waals surface area contributed by atoms with E-state index in [9.17, 15) is 0 Å². The van der Waals surface area contributed by atoms with Crippen LogP contribution in [-0.4, -0.2) is 30.5 Å². The van der Waals surface area contributed by atoms with Crippen LogP contribution in [-0.2, 0) is 21.0 Å². The minimum absolute atomic E-state index is 0. The van der Waals surface area contributed by atoms with E-state index in [1.807, 2.05) is 74.5 Å². The van der Waals surface area contributed by atoms with Crippen LogP contribution in [0.15, 0.2) is 72.8 Å². The summed E-state index contributed by atoms with van der Waals surface area (Å²) in [7, 11) is 7.36. The maximum absolute atomic E-state index is 9.09. The number of hydrogen-bond donors (Lipinski definition) is 2. The van der Waals surface area contributed by atoms with Gasteiger partial charge in [0.2, 0.25) is 9.23 Å². The Labute approximate surface area is 345 Å². The van der Waals surface area contributed by atoms with Gasteiger partial charge >= 0.3 is 29.6 Å². The first-order valence-corrected chi connectivity index (χ1v) is 19.4. The monoisotopic (exact) mass is 858 g/mol. The molecule has 7 aromatic rings. The molecule has 4 N–H and O–H groups in total. The van der Waals surface area contributed by atoms with Crippen LogP contribution in [0.5, 0.6) is 0 Å². The summed E-state index contributed by atoms with van der Waals surface area (Å²) in [6.45, 7) is 8.73. The van der Waals surface area contributed by atoms with Crippen molar-refractivity contribution < 1.29 is 33.8 Å². The van der Waals surface area contributed by atoms with Crippen LogP contribution < -0.4 is 41.0 Å². The Balaban J connectivity index is 0.000000603. The molecule has 19 heteroatoms. The number of anilines is 2. The van der Waals surface area contributed by atoms with E-state index in [2.05, 4.69) is 75.7 Å². The summed E-state index contributed by atoms with van der Waals surface area (Å²) < 4.78 is 33.9. The maximum Gasteiger partial charge on any atom is 1.00 e. The van der Waals surface area contributed by atoms with Crippen molar-refractivity contribution >= 4 is 126 Å². The SMILES string of the molecule is BrCc1cccc2nsnc12.C.Cc1cccc(N)c1N.Cc1cccc2nsnc12.N#CCc1cccc2nsnc12.O=S(Cl)Cl.[C-]#N.[Na+]. The van der Waals surface area contributed by atoms with Crippen LogP contribution >= 0.6 is 72.5 Å². The van der Waals surface area contributed by atoms with Crippen LogP contribution in [0.1, 0.15) is 29.7 Å². The third-order valence-corrected chi connectivity index (χ3v) is 8.23. The van der Waals surface area contributed by atoms with Gasteiger partial charge in [-0.1, -0.05) is 71.9 Å². The van der Waals surface area contributed by atoms with Gasteiger partial charge in [-0.2, -0.15) is 31.5 Å². The second kappa shape index (κ2) is 26.0. The summed E-state index contributed by atoms with van der Waals surface area (Å²) in [6.07, 6.45) is 0.406. The molecule has 3 aromatic heterocycles. The smallest absolute Gasteiger partial charge is 0.512 e. The van der Waals surface area contributed by atoms with Gasteiger partial charge in [-0.3, -0.25) is 0 Å². The molecular formula is C31H30BrCl2N10NaOS4. The molecular weight excluding hydrogens is 830 g/mol. The Morgan fingerprint density at radius 2 is 1.14 bits per heavy atom. The van der Waals surface area contributed by atoms with Crippen molar-refractivity contribution in [2.24, 2.45) is 0 Å². The number of nitrogens with two attached hydrogens (primary N) is 2. The molecule has 11 nitrogen and oxygen atoms in total. The van der Waals surface area contributed by atoms with Gasteiger partial charge in [0.05, 0.1) is 59.0 Å². The number of alkyl halides is 1. The van der Waals surface area contributed by atoms with Gasteiger partial charge in [-0.15, -0.1) is 0 Å². The number of para-hydroxylation sites is 1. The zero-order valence-corrected chi connectivity index (χ0v) is 34.6. The molecule has 0 saturated carbocycles. The fourth-order valence-electron chi connectivity index (χ4n) is 3.70. The molecule has 4 aromatic carbocycles. The van der Waals surface area contributed by atoms with Gasteiger partial charge < -0.3 is 23.3 Å². The molecule has 0 unspecified atom stereocenters. The van der Waals surface area contributed by atoms with Crippen molar-refractivity contribution in [3.05, 3.63) is 102 Å². The average molecular weight is 861 g/mol. The molecule has 3 heterocycles. The van der Waals surface area contributed by atoms with E-state index < -0.39 is 9.23 Å². The number of rotatable bonds is 2. The summed E-state index contributed by atoms with van der Waals surface area (Å²) in [5.74, 6) is 0. The Morgan fingerprint density at radius 1 is 0.740 bits per heavy atom. The van der Waals surface area contributed by atoms with Crippen LogP contribution in [0.25, 0.3) is 33.1 Å². The zero-order valence-electron chi connectivity index (χ0n) is 26.2. The topological polar surface area (TPSA) is 194 Å². The molecule has 0 fully saturated rings. The van der Waals surface area contributed by atoms with Gasteiger partial charge in [0, 0.05) is 26.7 Å². The van der Waals surface area contributed by atoms with Crippen molar-refractivity contribution in [1.29, 1.82) is 10.5 Å². The number of aromatic nitrogens is 6. The van der Waals surface area contributed by atoms with E-state index >= 15 is 0 Å². The molecule has 0 amide bonds. The summed E-state index contributed by atoms with van der Waals surface area (Å²) >= 11 is 7.11. The number of nitriles is 1. The number of benzene rings is 4. The van der Waals surface area contributed by atoms with Crippen LogP contribution in [0.4, 0.5) is 11.4 Å². The second-order valence-corrected chi connectivity index (χ2v) is 13.7. The van der Waals surface area contributed by atoms with Crippen LogP contribution in [0.3, 0.4) is 0 Å². The van der Waals surface area contributed by atoms with Gasteiger partial charge in [-0.25, -0.2) is 4.21 Å². The normalized spacial score (nSPS) is 9.26. The third kappa shape index (κ3) is 15.2. The predicted molar refractivity (Wildman–Crippen MR) is 210 cm³/mol. The minimum atomic E-state index is -1.67. The number of aryl methyl sites for hydroxylation is 2. The first kappa shape index (κ1) is 47.1. The molecule has 256 valence electrons. The number of nitrogen functional groups attached to an aromatic ring is 2. The number of nitrogens with zero attached hydrogens (tertiary/aromatic N) is 8. The van der Waals surface area contributed by atoms with E-state index in [0.29, 0.717) is 17.8 Å². The van der Waals surface area contributed by atoms with Crippen LogP contribution in [0, 0.1) is 37.0 Å². The summed E-state index contributed by atoms with van der Waals surface area (Å²) in [6, 6.07) is 25.5. The largest absolute Gasteiger partial charge is 1.00 e. The predicted octanol–water partition coefficient (Wildman–Crippen LogP) is 6.28. The minimum Gasteiger partial charge on any atom is -0.512 e. The molecule has 7 rings (SSSR count). The van der Waals surface area contributed by atoms with E-state index in [-0.39, 0.29) is 37.0 Å². The summed E-state index contributed by atoms with van der Waals surface area (Å²) in [4.78, 5) is 0. The molecule has 0 aliphatic heterocycles. The van der Waals surface area contributed by atoms with Gasteiger partial charge in [0.25, 0.3) is 0 Å². The molecule has 0 spiro atoms. The van der Waals surface area contributed by atoms with Crippen molar-refractivity contribution in [2.75, 3.05) is 11.5 Å². The van der Waals surface area contributed by atoms with Gasteiger partial charge in [0.15, 0.2) is 0 Å². The Bertz CT molecular complexity index is 2100. The Hall–Kier alpha value is -2.87. The quantitative estimate of drug-likeness (QED) is 0.0653. The number of hydrogen-bond acceptors (Lipinski definition) is 14. The van der Waals surface area contributed by atoms with E-state index in [1.165, 1.54) is 46.3 Å². The van der Waals surface area contributed by atoms with Crippen LogP contribution in [0.2, 0.25) is 0 Å². The maximum atomic E-state index is 9.09. The fraction of sp³-hybridized carbons (Fsp3) is 0.161. The van der Waals surface area contributed by atoms with Gasteiger partial charge in [-0.05, 0) is 60.4 Å². The molecule has 50 heavy (non-hydrogen) atoms. The fourth-order valence-corrected chi connectivity index (χ4v) is 5.89. The second-order valence-electron chi connectivity index (χ2n) is 9.04. The van der Waals surface area contributed by atoms with Gasteiger partial charge in [0.1, 0.15) is 33.1 Å². The van der Waals surface area contributed by atoms with E-state index in [0.717, 1.165) is 49.6 Å². The molecule has 0 aliphatic rings. The number of fused-ring (bicyclic) bond motifs is 3. The Morgan fingerprint density at radius 3 is 1.58 bits per heavy atom. The Kier molecular flexibility index (Phi) is 24.5. The third-order valence-electron chi connectivity index (χ3n) is 6.00. The van der Waals surface area contributed by atoms with Crippen molar-refractivity contribution in [2.45, 2.75) is 33.0 Å². The van der Waals surface area contributed by atoms with Crippen molar-refractivity contribution in [3.8, 4) is 6.07 Å². The molecule has 0 saturated heterocycles. The first-order valence-electron chi connectivity index (χ1n) is 13.2. The molecule has 0 atom stereocenters. The summed E-state index contributed by atoms with van der Waals surface area (Å²) in [5, 5.41) is 15.6. The molecule has 0 aliphatic carbocycles. The van der Waals surface area contributed by atoms with Crippen molar-refractivity contribution in [3.63, 3.8) is 0 Å². The molecule has 0 radical (unpaired) electrons. The standard InChI is InChI=1S/C8H5N3S.C7H5BrN2S.C7H6N2S.C7H10N2.CN.CH4.Cl2OS.Na/c9-5-4-6-2-1-3-7-8(6)11-12-10-7;8-4-5-2-1-3-6-7(5)10-11-9-6;1-5-3-2-4-6-7(5)9-10-8-6;1-5-3-2-4-6(8)7(5)9;1-2;;1-4(2)3;/h1-3H,4H2;1-3H,4H2;2-4H,1H3;2-4H,8-9H2,1H3;;1H4;;/q;;;;-1;;;+1. The number of halogens is 3. The summed E-state index contributed by atoms with van der Waals surface area (Å²) in [5.41, 5.74) is 22.6. The van der Waals surface area contributed by atoms with E-state index in [4.69, 9.17) is 32.8 Å². The van der Waals surface area contributed by atoms with E-state index in [1.54, 1.807) is 6.07 Å². The molecule has 0 bridgehead atoms. The first-order chi connectivity index (χ1) is 23.2. The average Bonchev–Trinajstić information content (AvgIpc) is 3.87. The van der Waals surface area contributed by atoms with Crippen molar-refractivity contribution in [1.82, 2.24) is 26.2 Å².